The number of thioether (sulfide) groups is 1. The Bertz CT molecular complexity index is 1220. The summed E-state index contributed by atoms with van der Waals surface area (Å²) < 4.78 is 0. The predicted molar refractivity (Wildman–Crippen MR) is 164 cm³/mol. The van der Waals surface area contributed by atoms with Gasteiger partial charge in [-0.05, 0) is 25.2 Å². The van der Waals surface area contributed by atoms with Crippen LogP contribution in [0.3, 0.4) is 0 Å². The second kappa shape index (κ2) is 18.7. The van der Waals surface area contributed by atoms with Crippen molar-refractivity contribution in [3.05, 3.63) is 0 Å². The number of aliphatic carboxylic acids is 3. The van der Waals surface area contributed by atoms with E-state index in [1.54, 1.807) is 11.8 Å². The van der Waals surface area contributed by atoms with Crippen LogP contribution in [-0.2, 0) is 38.4 Å². The molecule has 47 heavy (non-hydrogen) atoms. The molecule has 0 saturated carbocycles. The Morgan fingerprint density at radius 2 is 1.49 bits per heavy atom. The fourth-order valence-corrected chi connectivity index (χ4v) is 6.66. The standard InChI is InChI=1S/C28H42N6O12S/c1-13(2)23(27(45)29-14(11-35)9-21(39)40)33-25(43)15(7-8-20(37)38)31-26(44)16(10-22(41)42)30-19(36)6-4-3-5-18-24-17(12-47-18)32-28(46)34-24/h11,13-18,23-24H,3-10,12H2,1-2H3,(H,29,45)(H,30,36)(H,31,44)(H,33,43)(H,37,38)(H,39,40)(H,41,42)(H2,32,34,46)/t14-,15+,16+,17+,18+,23+,24+/m1/s1. The number of carboxylic acid groups (broad SMARTS) is 3. The Morgan fingerprint density at radius 3 is 2.09 bits per heavy atom. The second-order valence-electron chi connectivity index (χ2n) is 11.7. The van der Waals surface area contributed by atoms with E-state index in [4.69, 9.17) is 10.2 Å². The maximum absolute atomic E-state index is 13.2. The van der Waals surface area contributed by atoms with Crippen LogP contribution in [0, 0.1) is 5.92 Å². The van der Waals surface area contributed by atoms with E-state index in [9.17, 15) is 48.3 Å². The van der Waals surface area contributed by atoms with Crippen molar-refractivity contribution in [1.82, 2.24) is 31.9 Å². The predicted octanol–water partition coefficient (Wildman–Crippen LogP) is -1.68. The SMILES string of the molecule is CC(C)[C@H](NC(=O)[C@H](CCC(=O)O)NC(=O)[C@H](CC(=O)O)NC(=O)CCCC[C@@H]1SC[C@@H]2NC(=O)N[C@@H]21)C(=O)N[C@@H](C=O)CC(=O)O. The lowest BCUT2D eigenvalue weighted by Gasteiger charge is -2.27. The Balaban J connectivity index is 2.02. The van der Waals surface area contributed by atoms with Crippen molar-refractivity contribution in [1.29, 1.82) is 0 Å². The molecule has 2 saturated heterocycles. The number of urea groups is 1. The van der Waals surface area contributed by atoms with Gasteiger partial charge in [0.15, 0.2) is 0 Å². The fourth-order valence-electron chi connectivity index (χ4n) is 5.12. The van der Waals surface area contributed by atoms with E-state index in [1.807, 2.05) is 0 Å². The lowest BCUT2D eigenvalue weighted by atomic mass is 10.0. The van der Waals surface area contributed by atoms with Crippen molar-refractivity contribution < 1.29 is 58.5 Å². The van der Waals surface area contributed by atoms with Crippen molar-refractivity contribution in [3.63, 3.8) is 0 Å². The zero-order valence-electron chi connectivity index (χ0n) is 26.0. The number of amides is 6. The van der Waals surface area contributed by atoms with Crippen LogP contribution < -0.4 is 31.9 Å². The molecule has 18 nitrogen and oxygen atoms in total. The highest BCUT2D eigenvalue weighted by Gasteiger charge is 2.42. The molecule has 2 rings (SSSR count). The van der Waals surface area contributed by atoms with Crippen molar-refractivity contribution in [2.24, 2.45) is 5.92 Å². The molecule has 2 fully saturated rings. The molecule has 7 atom stereocenters. The van der Waals surface area contributed by atoms with E-state index < -0.39 is 97.3 Å². The van der Waals surface area contributed by atoms with E-state index >= 15 is 0 Å². The Labute approximate surface area is 274 Å². The number of aldehydes is 1. The summed E-state index contributed by atoms with van der Waals surface area (Å²) >= 11 is 1.72. The molecule has 0 bridgehead atoms. The van der Waals surface area contributed by atoms with Crippen LogP contribution in [0.25, 0.3) is 0 Å². The van der Waals surface area contributed by atoms with Crippen molar-refractivity contribution in [3.8, 4) is 0 Å². The van der Waals surface area contributed by atoms with Gasteiger partial charge in [-0.2, -0.15) is 11.8 Å². The molecule has 0 radical (unpaired) electrons. The molecule has 0 unspecified atom stereocenters. The fraction of sp³-hybridized carbons (Fsp3) is 0.679. The average molecular weight is 687 g/mol. The second-order valence-corrected chi connectivity index (χ2v) is 12.9. The maximum Gasteiger partial charge on any atom is 0.315 e. The van der Waals surface area contributed by atoms with Crippen molar-refractivity contribution >= 4 is 65.6 Å². The molecular weight excluding hydrogens is 644 g/mol. The highest BCUT2D eigenvalue weighted by atomic mass is 32.2. The third-order valence-electron chi connectivity index (χ3n) is 7.52. The molecule has 2 aliphatic rings. The van der Waals surface area contributed by atoms with E-state index in [0.717, 1.165) is 12.2 Å². The number of hydrogen-bond donors (Lipinski definition) is 9. The largest absolute Gasteiger partial charge is 0.481 e. The Hall–Kier alpha value is -4.42. The number of carboxylic acids is 3. The van der Waals surface area contributed by atoms with Crippen LogP contribution in [0.1, 0.15) is 65.2 Å². The smallest absolute Gasteiger partial charge is 0.315 e. The topological polar surface area (TPSA) is 286 Å². The number of carbonyl (C=O) groups is 9. The minimum Gasteiger partial charge on any atom is -0.481 e. The van der Waals surface area contributed by atoms with Gasteiger partial charge in [-0.3, -0.25) is 33.6 Å². The van der Waals surface area contributed by atoms with Gasteiger partial charge in [0.25, 0.3) is 0 Å². The number of carbonyl (C=O) groups excluding carboxylic acids is 6. The minimum atomic E-state index is -1.61. The average Bonchev–Trinajstić information content (AvgIpc) is 3.53. The molecule has 19 heteroatoms. The summed E-state index contributed by atoms with van der Waals surface area (Å²) in [6.07, 6.45) is -0.640. The molecule has 262 valence electrons. The van der Waals surface area contributed by atoms with Gasteiger partial charge in [-0.1, -0.05) is 20.3 Å². The zero-order valence-corrected chi connectivity index (χ0v) is 26.8. The van der Waals surface area contributed by atoms with E-state index in [-0.39, 0.29) is 36.1 Å². The highest BCUT2D eigenvalue weighted by Crippen LogP contribution is 2.33. The first-order valence-corrected chi connectivity index (χ1v) is 16.2. The first-order valence-electron chi connectivity index (χ1n) is 15.1. The van der Waals surface area contributed by atoms with Gasteiger partial charge < -0.3 is 52.0 Å². The minimum absolute atomic E-state index is 0.00615. The number of fused-ring (bicyclic) bond motifs is 1. The van der Waals surface area contributed by atoms with Gasteiger partial charge in [0, 0.05) is 23.8 Å². The summed E-state index contributed by atoms with van der Waals surface area (Å²) in [4.78, 5) is 108. The van der Waals surface area contributed by atoms with Crippen LogP contribution in [0.2, 0.25) is 0 Å². The molecule has 9 N–H and O–H groups in total. The number of unbranched alkanes of at least 4 members (excludes halogenated alkanes) is 1. The van der Waals surface area contributed by atoms with Crippen LogP contribution in [0.4, 0.5) is 4.79 Å². The molecule has 0 aliphatic carbocycles. The lowest BCUT2D eigenvalue weighted by Crippen LogP contribution is -2.58. The number of hydrogen-bond acceptors (Lipinski definition) is 10. The quantitative estimate of drug-likeness (QED) is 0.0371. The van der Waals surface area contributed by atoms with Crippen molar-refractivity contribution in [2.45, 2.75) is 107 Å². The van der Waals surface area contributed by atoms with E-state index in [0.29, 0.717) is 12.8 Å². The first kappa shape index (κ1) is 38.8. The molecule has 0 spiro atoms. The monoisotopic (exact) mass is 686 g/mol. The summed E-state index contributed by atoms with van der Waals surface area (Å²) in [5.41, 5.74) is 0. The van der Waals surface area contributed by atoms with E-state index in [2.05, 4.69) is 31.9 Å². The van der Waals surface area contributed by atoms with Crippen LogP contribution >= 0.6 is 11.8 Å². The molecule has 0 aromatic heterocycles. The van der Waals surface area contributed by atoms with Crippen LogP contribution in [0.15, 0.2) is 0 Å². The van der Waals surface area contributed by atoms with Gasteiger partial charge in [-0.15, -0.1) is 0 Å². The molecule has 2 heterocycles. The Kier molecular flexibility index (Phi) is 15.4. The molecule has 0 aromatic rings. The Morgan fingerprint density at radius 1 is 0.830 bits per heavy atom. The van der Waals surface area contributed by atoms with Gasteiger partial charge in [-0.25, -0.2) is 4.79 Å². The third-order valence-corrected chi connectivity index (χ3v) is 9.03. The summed E-state index contributed by atoms with van der Waals surface area (Å²) in [6.45, 7) is 3.07. The van der Waals surface area contributed by atoms with Gasteiger partial charge in [0.2, 0.25) is 23.6 Å². The summed E-state index contributed by atoms with van der Waals surface area (Å²) in [5, 5.41) is 42.5. The van der Waals surface area contributed by atoms with Gasteiger partial charge in [0.05, 0.1) is 31.0 Å². The maximum atomic E-state index is 13.2. The van der Waals surface area contributed by atoms with Crippen molar-refractivity contribution in [2.75, 3.05) is 5.75 Å². The molecule has 2 aliphatic heterocycles. The summed E-state index contributed by atoms with van der Waals surface area (Å²) in [6, 6.07) is -6.04. The molecule has 6 amide bonds. The molecular formula is C28H42N6O12S. The number of nitrogens with one attached hydrogen (secondary N) is 6. The van der Waals surface area contributed by atoms with Crippen LogP contribution in [0.5, 0.6) is 0 Å². The highest BCUT2D eigenvalue weighted by molar-refractivity contribution is 8.00. The van der Waals surface area contributed by atoms with Gasteiger partial charge >= 0.3 is 23.9 Å². The first-order chi connectivity index (χ1) is 22.1. The zero-order chi connectivity index (χ0) is 35.3. The lowest BCUT2D eigenvalue weighted by molar-refractivity contribution is -0.141. The summed E-state index contributed by atoms with van der Waals surface area (Å²) in [5.74, 6) is -7.52. The molecule has 0 aromatic carbocycles. The van der Waals surface area contributed by atoms with E-state index in [1.165, 1.54) is 13.8 Å². The number of rotatable bonds is 21. The normalized spacial score (nSPS) is 20.7. The van der Waals surface area contributed by atoms with Crippen LogP contribution in [-0.4, -0.2) is 116 Å². The van der Waals surface area contributed by atoms with Gasteiger partial charge in [0.1, 0.15) is 24.4 Å². The summed E-state index contributed by atoms with van der Waals surface area (Å²) in [7, 11) is 0. The third kappa shape index (κ3) is 13.1.